The normalized spacial score (nSPS) is 10.7. The van der Waals surface area contributed by atoms with Crippen LogP contribution in [0.2, 0.25) is 10.0 Å². The van der Waals surface area contributed by atoms with Gasteiger partial charge >= 0.3 is 11.8 Å². The lowest BCUT2D eigenvalue weighted by atomic mass is 10.2. The van der Waals surface area contributed by atoms with Crippen LogP contribution in [0.5, 0.6) is 5.75 Å². The second kappa shape index (κ2) is 10.6. The van der Waals surface area contributed by atoms with Crippen molar-refractivity contribution in [2.75, 3.05) is 5.32 Å². The molecule has 2 N–H and O–H groups in total. The molecule has 0 unspecified atom stereocenters. The third-order valence-corrected chi connectivity index (χ3v) is 4.91. The Morgan fingerprint density at radius 2 is 1.65 bits per heavy atom. The molecule has 3 rings (SSSR count). The molecule has 0 bridgehead atoms. The van der Waals surface area contributed by atoms with E-state index in [2.05, 4.69) is 15.8 Å². The minimum Gasteiger partial charge on any atom is -0.489 e. The number of carbonyl (C=O) groups is 2. The largest absolute Gasteiger partial charge is 0.489 e. The van der Waals surface area contributed by atoms with E-state index in [1.165, 1.54) is 30.0 Å². The van der Waals surface area contributed by atoms with Crippen molar-refractivity contribution < 1.29 is 14.3 Å². The molecule has 0 aliphatic carbocycles. The minimum atomic E-state index is -0.916. The molecule has 0 spiro atoms. The maximum Gasteiger partial charge on any atom is 0.329 e. The fourth-order valence-electron chi connectivity index (χ4n) is 2.48. The highest BCUT2D eigenvalue weighted by Gasteiger charge is 2.13. The van der Waals surface area contributed by atoms with Crippen molar-refractivity contribution in [2.45, 2.75) is 13.5 Å². The predicted octanol–water partition coefficient (Wildman–Crippen LogP) is 4.97. The number of nitrogens with one attached hydrogen (secondary N) is 2. The number of hydrogen-bond acceptors (Lipinski definition) is 4. The van der Waals surface area contributed by atoms with Crippen LogP contribution in [0.3, 0.4) is 0 Å². The lowest BCUT2D eigenvalue weighted by Gasteiger charge is -2.07. The summed E-state index contributed by atoms with van der Waals surface area (Å²) < 4.78 is 5.75. The molecule has 3 aromatic carbocycles. The number of anilines is 1. The molecule has 0 saturated carbocycles. The van der Waals surface area contributed by atoms with E-state index in [1.54, 1.807) is 24.3 Å². The van der Waals surface area contributed by atoms with Gasteiger partial charge < -0.3 is 10.1 Å². The lowest BCUT2D eigenvalue weighted by molar-refractivity contribution is -0.136. The van der Waals surface area contributed by atoms with Gasteiger partial charge in [-0.05, 0) is 60.5 Å². The zero-order valence-electron chi connectivity index (χ0n) is 16.6. The Bertz CT molecular complexity index is 1100. The number of amides is 2. The second-order valence-electron chi connectivity index (χ2n) is 6.63. The highest BCUT2D eigenvalue weighted by Crippen LogP contribution is 2.24. The van der Waals surface area contributed by atoms with E-state index in [0.29, 0.717) is 23.1 Å². The molecule has 0 atom stereocenters. The molecule has 0 saturated heterocycles. The van der Waals surface area contributed by atoms with Crippen molar-refractivity contribution in [1.29, 1.82) is 0 Å². The molecular weight excluding hydrogens is 437 g/mol. The molecule has 3 aromatic rings. The van der Waals surface area contributed by atoms with Gasteiger partial charge in [0.1, 0.15) is 12.4 Å². The molecule has 31 heavy (non-hydrogen) atoms. The van der Waals surface area contributed by atoms with E-state index < -0.39 is 11.8 Å². The summed E-state index contributed by atoms with van der Waals surface area (Å²) in [4.78, 5) is 23.8. The van der Waals surface area contributed by atoms with Gasteiger partial charge in [-0.2, -0.15) is 5.10 Å². The van der Waals surface area contributed by atoms with Gasteiger partial charge in [-0.25, -0.2) is 5.43 Å². The minimum absolute atomic E-state index is 0.268. The number of ether oxygens (including phenoxy) is 1. The van der Waals surface area contributed by atoms with Gasteiger partial charge in [0.15, 0.2) is 0 Å². The first-order valence-electron chi connectivity index (χ1n) is 9.28. The molecule has 6 nitrogen and oxygen atoms in total. The van der Waals surface area contributed by atoms with Crippen LogP contribution in [0.1, 0.15) is 16.7 Å². The molecule has 0 fully saturated rings. The standard InChI is InChI=1S/C23H19Cl2N3O3/c1-15-2-4-17(5-3-15)14-31-19-9-6-16(7-10-19)13-26-28-23(30)22(29)27-18-8-11-20(24)21(25)12-18/h2-13H,14H2,1H3,(H,27,29)(H,28,30). The SMILES string of the molecule is Cc1ccc(COc2ccc(C=NNC(=O)C(=O)Nc3ccc(Cl)c(Cl)c3)cc2)cc1. The molecule has 0 aliphatic rings. The van der Waals surface area contributed by atoms with E-state index in [1.807, 2.05) is 31.2 Å². The van der Waals surface area contributed by atoms with Gasteiger partial charge in [0.25, 0.3) is 0 Å². The summed E-state index contributed by atoms with van der Waals surface area (Å²) >= 11 is 11.7. The molecule has 0 aliphatic heterocycles. The summed E-state index contributed by atoms with van der Waals surface area (Å²) in [7, 11) is 0. The third-order valence-electron chi connectivity index (χ3n) is 4.17. The van der Waals surface area contributed by atoms with Crippen LogP contribution in [-0.2, 0) is 16.2 Å². The van der Waals surface area contributed by atoms with Crippen molar-refractivity contribution in [3.05, 3.63) is 93.5 Å². The molecule has 2 amide bonds. The van der Waals surface area contributed by atoms with Crippen LogP contribution in [-0.4, -0.2) is 18.0 Å². The van der Waals surface area contributed by atoms with Crippen LogP contribution in [0, 0.1) is 6.92 Å². The average Bonchev–Trinajstić information content (AvgIpc) is 2.76. The summed E-state index contributed by atoms with van der Waals surface area (Å²) in [6, 6.07) is 19.8. The Hall–Kier alpha value is -3.35. The molecule has 0 aromatic heterocycles. The summed E-state index contributed by atoms with van der Waals surface area (Å²) in [5.41, 5.74) is 5.53. The fourth-order valence-corrected chi connectivity index (χ4v) is 2.78. The number of nitrogens with zero attached hydrogens (tertiary/aromatic N) is 1. The Morgan fingerprint density at radius 3 is 2.32 bits per heavy atom. The van der Waals surface area contributed by atoms with Crippen molar-refractivity contribution >= 4 is 46.9 Å². The Balaban J connectivity index is 1.47. The molecular formula is C23H19Cl2N3O3. The highest BCUT2D eigenvalue weighted by atomic mass is 35.5. The monoisotopic (exact) mass is 455 g/mol. The van der Waals surface area contributed by atoms with Crippen LogP contribution in [0.4, 0.5) is 5.69 Å². The van der Waals surface area contributed by atoms with Crippen LogP contribution in [0.15, 0.2) is 71.8 Å². The first kappa shape index (κ1) is 22.3. The van der Waals surface area contributed by atoms with Gasteiger partial charge in [0, 0.05) is 5.69 Å². The van der Waals surface area contributed by atoms with Crippen molar-refractivity contribution in [3.8, 4) is 5.75 Å². The predicted molar refractivity (Wildman–Crippen MR) is 123 cm³/mol. The van der Waals surface area contributed by atoms with Crippen molar-refractivity contribution in [2.24, 2.45) is 5.10 Å². The smallest absolute Gasteiger partial charge is 0.329 e. The van der Waals surface area contributed by atoms with E-state index in [0.717, 1.165) is 11.1 Å². The van der Waals surface area contributed by atoms with Gasteiger partial charge in [0.05, 0.1) is 16.3 Å². The van der Waals surface area contributed by atoms with Gasteiger partial charge in [-0.1, -0.05) is 53.0 Å². The van der Waals surface area contributed by atoms with Crippen molar-refractivity contribution in [3.63, 3.8) is 0 Å². The van der Waals surface area contributed by atoms with Gasteiger partial charge in [-0.3, -0.25) is 9.59 Å². The summed E-state index contributed by atoms with van der Waals surface area (Å²) in [5.74, 6) is -1.08. The van der Waals surface area contributed by atoms with Crippen LogP contribution < -0.4 is 15.5 Å². The number of hydrogen-bond donors (Lipinski definition) is 2. The molecule has 0 heterocycles. The summed E-state index contributed by atoms with van der Waals surface area (Å²) in [6.45, 7) is 2.51. The number of aryl methyl sites for hydroxylation is 1. The summed E-state index contributed by atoms with van der Waals surface area (Å²) in [6.07, 6.45) is 1.42. The van der Waals surface area contributed by atoms with E-state index >= 15 is 0 Å². The second-order valence-corrected chi connectivity index (χ2v) is 7.44. The Labute approximate surface area is 189 Å². The number of rotatable bonds is 6. The van der Waals surface area contributed by atoms with Gasteiger partial charge in [0.2, 0.25) is 0 Å². The topological polar surface area (TPSA) is 79.8 Å². The fraction of sp³-hybridized carbons (Fsp3) is 0.0870. The number of carbonyl (C=O) groups excluding carboxylic acids is 2. The molecule has 158 valence electrons. The van der Waals surface area contributed by atoms with E-state index in [9.17, 15) is 9.59 Å². The Morgan fingerprint density at radius 1 is 0.935 bits per heavy atom. The third kappa shape index (κ3) is 6.84. The first-order chi connectivity index (χ1) is 14.9. The quantitative estimate of drug-likeness (QED) is 0.312. The molecule has 8 heteroatoms. The van der Waals surface area contributed by atoms with Gasteiger partial charge in [-0.15, -0.1) is 0 Å². The number of halogens is 2. The first-order valence-corrected chi connectivity index (χ1v) is 10.0. The maximum absolute atomic E-state index is 11.9. The average molecular weight is 456 g/mol. The molecule has 0 radical (unpaired) electrons. The van der Waals surface area contributed by atoms with E-state index in [4.69, 9.17) is 27.9 Å². The van der Waals surface area contributed by atoms with Crippen LogP contribution in [0.25, 0.3) is 0 Å². The zero-order valence-corrected chi connectivity index (χ0v) is 18.1. The highest BCUT2D eigenvalue weighted by molar-refractivity contribution is 6.42. The van der Waals surface area contributed by atoms with Crippen molar-refractivity contribution in [1.82, 2.24) is 5.43 Å². The van der Waals surface area contributed by atoms with E-state index in [-0.39, 0.29) is 5.02 Å². The number of benzene rings is 3. The Kier molecular flexibility index (Phi) is 7.65. The maximum atomic E-state index is 11.9. The summed E-state index contributed by atoms with van der Waals surface area (Å²) in [5, 5.41) is 6.82. The number of hydrazone groups is 1. The van der Waals surface area contributed by atoms with Crippen LogP contribution >= 0.6 is 23.2 Å². The zero-order chi connectivity index (χ0) is 22.2. The lowest BCUT2D eigenvalue weighted by Crippen LogP contribution is -2.32.